The van der Waals surface area contributed by atoms with Crippen molar-refractivity contribution < 1.29 is 5.11 Å². The molecule has 0 saturated heterocycles. The van der Waals surface area contributed by atoms with Crippen LogP contribution >= 0.6 is 0 Å². The fourth-order valence-electron chi connectivity index (χ4n) is 1.29. The molecule has 0 aliphatic heterocycles. The van der Waals surface area contributed by atoms with E-state index in [4.69, 9.17) is 5.73 Å². The van der Waals surface area contributed by atoms with Crippen LogP contribution in [0.25, 0.3) is 0 Å². The van der Waals surface area contributed by atoms with Gasteiger partial charge in [-0.15, -0.1) is 0 Å². The topological polar surface area (TPSA) is 59.1 Å². The molecule has 12 heavy (non-hydrogen) atoms. The number of hydrogen-bond donors (Lipinski definition) is 2. The van der Waals surface area contributed by atoms with Crippen LogP contribution in [0.1, 0.15) is 24.5 Å². The zero-order valence-corrected chi connectivity index (χ0v) is 6.77. The second-order valence-electron chi connectivity index (χ2n) is 3.42. The Morgan fingerprint density at radius 3 is 2.83 bits per heavy atom. The zero-order valence-electron chi connectivity index (χ0n) is 6.77. The van der Waals surface area contributed by atoms with Gasteiger partial charge in [-0.25, -0.2) is 0 Å². The number of aliphatic hydroxyl groups excluding tert-OH is 1. The Morgan fingerprint density at radius 1 is 1.58 bits per heavy atom. The minimum Gasteiger partial charge on any atom is -0.386 e. The van der Waals surface area contributed by atoms with Crippen molar-refractivity contribution in [2.75, 3.05) is 0 Å². The van der Waals surface area contributed by atoms with Gasteiger partial charge in [0.2, 0.25) is 0 Å². The van der Waals surface area contributed by atoms with Crippen molar-refractivity contribution in [3.8, 4) is 0 Å². The normalized spacial score (nSPS) is 21.8. The lowest BCUT2D eigenvalue weighted by molar-refractivity contribution is 0.135. The van der Waals surface area contributed by atoms with Crippen LogP contribution in [0.4, 0.5) is 0 Å². The first kappa shape index (κ1) is 7.71. The van der Waals surface area contributed by atoms with Gasteiger partial charge in [-0.2, -0.15) is 0 Å². The Balaban J connectivity index is 2.20. The van der Waals surface area contributed by atoms with Crippen molar-refractivity contribution >= 4 is 0 Å². The summed E-state index contributed by atoms with van der Waals surface area (Å²) >= 11 is 0. The van der Waals surface area contributed by atoms with Gasteiger partial charge in [-0.3, -0.25) is 4.98 Å². The van der Waals surface area contributed by atoms with E-state index in [9.17, 15) is 5.11 Å². The van der Waals surface area contributed by atoms with Gasteiger partial charge in [-0.05, 0) is 18.9 Å². The SMILES string of the molecule is NC1(C(O)c2cccnc2)CC1. The molecule has 1 aromatic heterocycles. The van der Waals surface area contributed by atoms with Crippen LogP contribution in [0.15, 0.2) is 24.5 Å². The van der Waals surface area contributed by atoms with E-state index < -0.39 is 6.10 Å². The molecule has 0 spiro atoms. The second-order valence-corrected chi connectivity index (χ2v) is 3.42. The van der Waals surface area contributed by atoms with Crippen molar-refractivity contribution in [2.24, 2.45) is 5.73 Å². The number of pyridine rings is 1. The Labute approximate surface area is 71.2 Å². The molecule has 1 aliphatic rings. The molecule has 0 amide bonds. The summed E-state index contributed by atoms with van der Waals surface area (Å²) < 4.78 is 0. The number of aromatic nitrogens is 1. The number of nitrogens with two attached hydrogens (primary N) is 1. The molecule has 1 unspecified atom stereocenters. The van der Waals surface area contributed by atoms with Crippen LogP contribution < -0.4 is 5.73 Å². The molecular formula is C9H12N2O. The van der Waals surface area contributed by atoms with Gasteiger partial charge in [0.25, 0.3) is 0 Å². The summed E-state index contributed by atoms with van der Waals surface area (Å²) in [4.78, 5) is 3.93. The highest BCUT2D eigenvalue weighted by molar-refractivity contribution is 5.21. The maximum absolute atomic E-state index is 9.75. The quantitative estimate of drug-likeness (QED) is 0.673. The molecule has 64 valence electrons. The van der Waals surface area contributed by atoms with Crippen LogP contribution in [-0.2, 0) is 0 Å². The Morgan fingerprint density at radius 2 is 2.33 bits per heavy atom. The second kappa shape index (κ2) is 2.54. The van der Waals surface area contributed by atoms with E-state index >= 15 is 0 Å². The highest BCUT2D eigenvalue weighted by Crippen LogP contribution is 2.42. The molecule has 0 radical (unpaired) electrons. The Hall–Kier alpha value is -0.930. The number of hydrogen-bond acceptors (Lipinski definition) is 3. The van der Waals surface area contributed by atoms with Crippen LogP contribution in [-0.4, -0.2) is 15.6 Å². The molecule has 1 fully saturated rings. The maximum Gasteiger partial charge on any atom is 0.0984 e. The number of rotatable bonds is 2. The number of nitrogens with zero attached hydrogens (tertiary/aromatic N) is 1. The lowest BCUT2D eigenvalue weighted by Gasteiger charge is -2.16. The molecule has 3 heteroatoms. The average Bonchev–Trinajstić information content (AvgIpc) is 2.85. The number of aliphatic hydroxyl groups is 1. The van der Waals surface area contributed by atoms with Gasteiger partial charge in [-0.1, -0.05) is 6.07 Å². The minimum atomic E-state index is -0.550. The third kappa shape index (κ3) is 1.21. The van der Waals surface area contributed by atoms with Gasteiger partial charge < -0.3 is 10.8 Å². The fraction of sp³-hybridized carbons (Fsp3) is 0.444. The van der Waals surface area contributed by atoms with Crippen LogP contribution in [0.2, 0.25) is 0 Å². The summed E-state index contributed by atoms with van der Waals surface area (Å²) in [6.45, 7) is 0. The summed E-state index contributed by atoms with van der Waals surface area (Å²) in [5.74, 6) is 0. The van der Waals surface area contributed by atoms with Crippen LogP contribution in [0, 0.1) is 0 Å². The van der Waals surface area contributed by atoms with Crippen molar-refractivity contribution in [3.05, 3.63) is 30.1 Å². The monoisotopic (exact) mass is 164 g/mol. The van der Waals surface area contributed by atoms with Gasteiger partial charge >= 0.3 is 0 Å². The zero-order chi connectivity index (χ0) is 8.60. The summed E-state index contributed by atoms with van der Waals surface area (Å²) in [7, 11) is 0. The van der Waals surface area contributed by atoms with Gasteiger partial charge in [0, 0.05) is 23.5 Å². The molecule has 2 rings (SSSR count). The summed E-state index contributed by atoms with van der Waals surface area (Å²) in [5.41, 5.74) is 6.29. The predicted octanol–water partition coefficient (Wildman–Crippen LogP) is 0.606. The average molecular weight is 164 g/mol. The molecule has 3 nitrogen and oxygen atoms in total. The van der Waals surface area contributed by atoms with E-state index in [1.807, 2.05) is 12.1 Å². The molecule has 1 aliphatic carbocycles. The van der Waals surface area contributed by atoms with Crippen molar-refractivity contribution in [1.82, 2.24) is 4.98 Å². The highest BCUT2D eigenvalue weighted by Gasteiger charge is 2.45. The molecule has 1 aromatic rings. The first-order valence-electron chi connectivity index (χ1n) is 4.09. The molecule has 1 heterocycles. The van der Waals surface area contributed by atoms with E-state index in [1.54, 1.807) is 12.4 Å². The third-order valence-electron chi connectivity index (χ3n) is 2.37. The standard InChI is InChI=1S/C9H12N2O/c10-9(3-4-9)8(12)7-2-1-5-11-6-7/h1-2,5-6,8,12H,3-4,10H2. The van der Waals surface area contributed by atoms with E-state index in [0.29, 0.717) is 0 Å². The summed E-state index contributed by atoms with van der Waals surface area (Å²) in [6, 6.07) is 3.66. The Bertz CT molecular complexity index is 269. The Kier molecular flexibility index (Phi) is 1.63. The van der Waals surface area contributed by atoms with Crippen molar-refractivity contribution in [1.29, 1.82) is 0 Å². The molecule has 0 aromatic carbocycles. The summed E-state index contributed by atoms with van der Waals surface area (Å²) in [5, 5.41) is 9.75. The van der Waals surface area contributed by atoms with E-state index in [-0.39, 0.29) is 5.54 Å². The lowest BCUT2D eigenvalue weighted by atomic mass is 10.0. The van der Waals surface area contributed by atoms with E-state index in [2.05, 4.69) is 4.98 Å². The van der Waals surface area contributed by atoms with E-state index in [1.165, 1.54) is 0 Å². The first-order valence-corrected chi connectivity index (χ1v) is 4.09. The molecule has 3 N–H and O–H groups in total. The first-order chi connectivity index (χ1) is 5.72. The van der Waals surface area contributed by atoms with Crippen molar-refractivity contribution in [3.63, 3.8) is 0 Å². The maximum atomic E-state index is 9.75. The largest absolute Gasteiger partial charge is 0.386 e. The fourth-order valence-corrected chi connectivity index (χ4v) is 1.29. The molecular weight excluding hydrogens is 152 g/mol. The highest BCUT2D eigenvalue weighted by atomic mass is 16.3. The molecule has 0 bridgehead atoms. The molecule has 1 atom stereocenters. The lowest BCUT2D eigenvalue weighted by Crippen LogP contribution is -2.30. The van der Waals surface area contributed by atoms with Crippen LogP contribution in [0.5, 0.6) is 0 Å². The molecule has 1 saturated carbocycles. The smallest absolute Gasteiger partial charge is 0.0984 e. The summed E-state index contributed by atoms with van der Waals surface area (Å²) in [6.07, 6.45) is 4.61. The van der Waals surface area contributed by atoms with Gasteiger partial charge in [0.15, 0.2) is 0 Å². The van der Waals surface area contributed by atoms with Crippen molar-refractivity contribution in [2.45, 2.75) is 24.5 Å². The van der Waals surface area contributed by atoms with E-state index in [0.717, 1.165) is 18.4 Å². The van der Waals surface area contributed by atoms with Gasteiger partial charge in [0.1, 0.15) is 0 Å². The third-order valence-corrected chi connectivity index (χ3v) is 2.37. The van der Waals surface area contributed by atoms with Crippen LogP contribution in [0.3, 0.4) is 0 Å². The van der Waals surface area contributed by atoms with Gasteiger partial charge in [0.05, 0.1) is 6.10 Å². The predicted molar refractivity (Wildman–Crippen MR) is 45.3 cm³/mol. The minimum absolute atomic E-state index is 0.372.